The van der Waals surface area contributed by atoms with Gasteiger partial charge in [0.25, 0.3) is 0 Å². The van der Waals surface area contributed by atoms with Crippen molar-refractivity contribution in [3.63, 3.8) is 0 Å². The third kappa shape index (κ3) is 3.77. The Morgan fingerprint density at radius 3 is 2.44 bits per heavy atom. The van der Waals surface area contributed by atoms with Gasteiger partial charge in [-0.05, 0) is 37.6 Å². The Kier molecular flexibility index (Phi) is 5.67. The molecule has 1 aliphatic rings. The summed E-state index contributed by atoms with van der Waals surface area (Å²) in [5.74, 6) is 0.183. The van der Waals surface area contributed by atoms with Crippen LogP contribution in [0.4, 0.5) is 5.95 Å². The molecule has 2 aromatic carbocycles. The van der Waals surface area contributed by atoms with Crippen LogP contribution in [0.15, 0.2) is 54.9 Å². The number of carbonyl (C=O) groups excluding carboxylic acids is 1. The molecule has 0 aliphatic carbocycles. The highest BCUT2D eigenvalue weighted by Crippen LogP contribution is 2.39. The largest absolute Gasteiger partial charge is 0.368 e. The van der Waals surface area contributed by atoms with Crippen molar-refractivity contribution in [2.45, 2.75) is 25.4 Å². The number of halogens is 2. The summed E-state index contributed by atoms with van der Waals surface area (Å²) in [6.45, 7) is 4.73. The van der Waals surface area contributed by atoms with Crippen LogP contribution >= 0.6 is 23.2 Å². The molecule has 34 heavy (non-hydrogen) atoms. The zero-order chi connectivity index (χ0) is 24.0. The second-order valence-corrected chi connectivity index (χ2v) is 9.56. The van der Waals surface area contributed by atoms with Gasteiger partial charge < -0.3 is 10.6 Å². The molecule has 0 spiro atoms. The summed E-state index contributed by atoms with van der Waals surface area (Å²) in [7, 11) is 0. The average Bonchev–Trinajstić information content (AvgIpc) is 3.16. The van der Waals surface area contributed by atoms with E-state index in [4.69, 9.17) is 34.0 Å². The molecule has 0 unspecified atom stereocenters. The second-order valence-electron chi connectivity index (χ2n) is 8.72. The number of anilines is 1. The average molecular weight is 496 g/mol. The zero-order valence-electron chi connectivity index (χ0n) is 18.7. The lowest BCUT2D eigenvalue weighted by molar-refractivity contribution is -0.125. The number of rotatable bonds is 6. The smallest absolute Gasteiger partial charge is 0.241 e. The molecule has 0 radical (unpaired) electrons. The van der Waals surface area contributed by atoms with E-state index in [0.29, 0.717) is 40.4 Å². The maximum Gasteiger partial charge on any atom is 0.241 e. The Bertz CT molecular complexity index is 1380. The van der Waals surface area contributed by atoms with E-state index in [-0.39, 0.29) is 11.9 Å². The minimum atomic E-state index is -0.816. The van der Waals surface area contributed by atoms with Crippen molar-refractivity contribution < 1.29 is 4.79 Å². The third-order valence-electron chi connectivity index (χ3n) is 5.91. The number of fused-ring (bicyclic) bond motifs is 1. The molecule has 1 saturated heterocycles. The standard InChI is InChI=1S/C24H23Cl2N7O/c1-14(2)30-24(22(27)34)11-32(12-24)23-29-13-28-21-19(15-7-9-16(25)10-8-15)20(31-33(21)23)17-5-3-4-6-18(17)26/h3-10,13-14,30H,11-12H2,1-2H3,(H2,27,34). The molecule has 0 saturated carbocycles. The first-order chi connectivity index (χ1) is 16.3. The van der Waals surface area contributed by atoms with Gasteiger partial charge in [-0.3, -0.25) is 10.1 Å². The quantitative estimate of drug-likeness (QED) is 0.421. The Balaban J connectivity index is 1.66. The van der Waals surface area contributed by atoms with Crippen LogP contribution < -0.4 is 16.0 Å². The van der Waals surface area contributed by atoms with E-state index in [1.54, 1.807) is 4.52 Å². The van der Waals surface area contributed by atoms with Crippen molar-refractivity contribution in [2.24, 2.45) is 5.73 Å². The number of hydrogen-bond acceptors (Lipinski definition) is 6. The minimum Gasteiger partial charge on any atom is -0.368 e. The van der Waals surface area contributed by atoms with Crippen LogP contribution in [0.3, 0.4) is 0 Å². The number of nitrogens with zero attached hydrogens (tertiary/aromatic N) is 5. The van der Waals surface area contributed by atoms with E-state index in [2.05, 4.69) is 15.3 Å². The molecular formula is C24H23Cl2N7O. The number of primary amides is 1. The molecule has 0 bridgehead atoms. The zero-order valence-corrected chi connectivity index (χ0v) is 20.2. The van der Waals surface area contributed by atoms with Crippen LogP contribution in [0, 0.1) is 0 Å². The molecule has 3 N–H and O–H groups in total. The minimum absolute atomic E-state index is 0.105. The van der Waals surface area contributed by atoms with E-state index in [0.717, 1.165) is 16.7 Å². The normalized spacial score (nSPS) is 15.0. The van der Waals surface area contributed by atoms with Crippen LogP contribution in [0.25, 0.3) is 28.0 Å². The van der Waals surface area contributed by atoms with Gasteiger partial charge in [0, 0.05) is 29.7 Å². The Hall–Kier alpha value is -3.20. The SMILES string of the molecule is CC(C)NC1(C(N)=O)CN(c2ncnc3c(-c4ccc(Cl)cc4)c(-c4ccccc4Cl)nn23)C1. The van der Waals surface area contributed by atoms with Gasteiger partial charge in [0.15, 0.2) is 5.65 Å². The Labute approximate surface area is 206 Å². The predicted molar refractivity (Wildman–Crippen MR) is 134 cm³/mol. The summed E-state index contributed by atoms with van der Waals surface area (Å²) in [4.78, 5) is 23.2. The van der Waals surface area contributed by atoms with Crippen LogP contribution in [0.1, 0.15) is 13.8 Å². The van der Waals surface area contributed by atoms with Gasteiger partial charge in [-0.15, -0.1) is 0 Å². The number of benzene rings is 2. The summed E-state index contributed by atoms with van der Waals surface area (Å²) in [5.41, 5.74) is 8.71. The summed E-state index contributed by atoms with van der Waals surface area (Å²) in [6, 6.07) is 15.1. The Morgan fingerprint density at radius 1 is 1.09 bits per heavy atom. The molecule has 5 rings (SSSR count). The first kappa shape index (κ1) is 22.6. The maximum absolute atomic E-state index is 12.2. The highest BCUT2D eigenvalue weighted by Gasteiger charge is 2.49. The van der Waals surface area contributed by atoms with Crippen molar-refractivity contribution >= 4 is 40.7 Å². The second kappa shape index (κ2) is 8.54. The lowest BCUT2D eigenvalue weighted by Gasteiger charge is -2.49. The van der Waals surface area contributed by atoms with Crippen LogP contribution in [-0.2, 0) is 4.79 Å². The van der Waals surface area contributed by atoms with E-state index in [9.17, 15) is 4.79 Å². The van der Waals surface area contributed by atoms with Gasteiger partial charge in [0.1, 0.15) is 17.6 Å². The fourth-order valence-electron chi connectivity index (χ4n) is 4.42. The van der Waals surface area contributed by atoms with E-state index in [1.165, 1.54) is 6.33 Å². The van der Waals surface area contributed by atoms with Crippen molar-refractivity contribution in [3.8, 4) is 22.4 Å². The van der Waals surface area contributed by atoms with Gasteiger partial charge in [-0.2, -0.15) is 9.61 Å². The van der Waals surface area contributed by atoms with Crippen molar-refractivity contribution in [2.75, 3.05) is 18.0 Å². The summed E-state index contributed by atoms with van der Waals surface area (Å²) < 4.78 is 1.70. The topological polar surface area (TPSA) is 101 Å². The molecule has 8 nitrogen and oxygen atoms in total. The molecule has 0 atom stereocenters. The maximum atomic E-state index is 12.2. The molecule has 174 valence electrons. The van der Waals surface area contributed by atoms with Crippen LogP contribution in [0.5, 0.6) is 0 Å². The van der Waals surface area contributed by atoms with Gasteiger partial charge in [-0.25, -0.2) is 9.97 Å². The number of aromatic nitrogens is 4. The summed E-state index contributed by atoms with van der Waals surface area (Å²) >= 11 is 12.7. The van der Waals surface area contributed by atoms with E-state index < -0.39 is 5.54 Å². The number of hydrogen-bond donors (Lipinski definition) is 2. The fraction of sp³-hybridized carbons (Fsp3) is 0.250. The number of carbonyl (C=O) groups is 1. The van der Waals surface area contributed by atoms with Crippen molar-refractivity contribution in [1.82, 2.24) is 24.9 Å². The molecule has 1 amide bonds. The fourth-order valence-corrected chi connectivity index (χ4v) is 4.77. The highest BCUT2D eigenvalue weighted by atomic mass is 35.5. The molecule has 10 heteroatoms. The van der Waals surface area contributed by atoms with Gasteiger partial charge in [0.05, 0.1) is 10.6 Å². The number of amides is 1. The predicted octanol–water partition coefficient (Wildman–Crippen LogP) is 3.81. The lowest BCUT2D eigenvalue weighted by atomic mass is 9.88. The van der Waals surface area contributed by atoms with E-state index in [1.807, 2.05) is 67.3 Å². The molecule has 1 aliphatic heterocycles. The molecule has 4 aromatic rings. The molecular weight excluding hydrogens is 473 g/mol. The van der Waals surface area contributed by atoms with Gasteiger partial charge in [0.2, 0.25) is 11.9 Å². The van der Waals surface area contributed by atoms with Gasteiger partial charge in [-0.1, -0.05) is 53.5 Å². The van der Waals surface area contributed by atoms with Crippen molar-refractivity contribution in [1.29, 1.82) is 0 Å². The third-order valence-corrected chi connectivity index (χ3v) is 6.49. The number of nitrogens with two attached hydrogens (primary N) is 1. The van der Waals surface area contributed by atoms with Crippen LogP contribution in [-0.4, -0.2) is 50.2 Å². The molecule has 1 fully saturated rings. The summed E-state index contributed by atoms with van der Waals surface area (Å²) in [5, 5.41) is 9.41. The summed E-state index contributed by atoms with van der Waals surface area (Å²) in [6.07, 6.45) is 1.50. The van der Waals surface area contributed by atoms with E-state index >= 15 is 0 Å². The monoisotopic (exact) mass is 495 g/mol. The number of nitrogens with one attached hydrogen (secondary N) is 1. The first-order valence-electron chi connectivity index (χ1n) is 10.9. The molecule has 3 heterocycles. The first-order valence-corrected chi connectivity index (χ1v) is 11.6. The van der Waals surface area contributed by atoms with Gasteiger partial charge >= 0.3 is 0 Å². The highest BCUT2D eigenvalue weighted by molar-refractivity contribution is 6.33. The lowest BCUT2D eigenvalue weighted by Crippen LogP contribution is -2.76. The van der Waals surface area contributed by atoms with Crippen molar-refractivity contribution in [3.05, 3.63) is 64.9 Å². The van der Waals surface area contributed by atoms with Crippen LogP contribution in [0.2, 0.25) is 10.0 Å². The Morgan fingerprint density at radius 2 is 1.79 bits per heavy atom. The molecule has 2 aromatic heterocycles.